The fourth-order valence-electron chi connectivity index (χ4n) is 8.32. The molecule has 0 atom stereocenters. The summed E-state index contributed by atoms with van der Waals surface area (Å²) in [5.74, 6) is 1.76. The maximum Gasteiger partial charge on any atom is 0.336 e. The molecule has 0 amide bonds. The Morgan fingerprint density at radius 2 is 1.43 bits per heavy atom. The van der Waals surface area contributed by atoms with E-state index in [-0.39, 0.29) is 6.85 Å². The highest BCUT2D eigenvalue weighted by Crippen LogP contribution is 2.56. The standard InChI is InChI=1S/C38H19BN2O2S/c1-4-15-28-22(10-1)32-23-12-7-11-21-24-19-25-20-9-2-6-18-31(20)44-37(25)36-33(24)39(41(34(21)23)38(32)43-28)26-13-8-17-30-35(26)40(36)27-14-3-5-16-29(27)42-30/h1-19H. The molecule has 0 N–H and O–H groups in total. The fraction of sp³-hybridized carbons (Fsp3) is 0. The van der Waals surface area contributed by atoms with Gasteiger partial charge in [-0.05, 0) is 52.9 Å². The molecule has 3 aliphatic rings. The summed E-state index contributed by atoms with van der Waals surface area (Å²) in [7, 11) is 0. The van der Waals surface area contributed by atoms with E-state index in [1.54, 1.807) is 0 Å². The normalized spacial score (nSPS) is 14.0. The van der Waals surface area contributed by atoms with Crippen molar-refractivity contribution >= 4 is 99.3 Å². The van der Waals surface area contributed by atoms with E-state index in [9.17, 15) is 0 Å². The van der Waals surface area contributed by atoms with E-state index in [1.165, 1.54) is 64.2 Å². The van der Waals surface area contributed by atoms with Gasteiger partial charge in [0.2, 0.25) is 0 Å². The van der Waals surface area contributed by atoms with Crippen LogP contribution < -0.4 is 20.6 Å². The number of furan rings is 1. The van der Waals surface area contributed by atoms with Gasteiger partial charge in [0, 0.05) is 37.3 Å². The van der Waals surface area contributed by atoms with Gasteiger partial charge in [-0.25, -0.2) is 0 Å². The van der Waals surface area contributed by atoms with Crippen molar-refractivity contribution in [2.75, 3.05) is 4.90 Å². The lowest BCUT2D eigenvalue weighted by molar-refractivity contribution is 0.477. The maximum absolute atomic E-state index is 6.78. The Kier molecular flexibility index (Phi) is 3.70. The van der Waals surface area contributed by atoms with Crippen LogP contribution in [-0.2, 0) is 0 Å². The van der Waals surface area contributed by atoms with E-state index in [1.807, 2.05) is 11.3 Å². The van der Waals surface area contributed by atoms with Crippen LogP contribution in [0.4, 0.5) is 17.1 Å². The zero-order valence-corrected chi connectivity index (χ0v) is 24.0. The molecule has 0 aliphatic carbocycles. The second kappa shape index (κ2) is 7.36. The van der Waals surface area contributed by atoms with Crippen LogP contribution in [0.2, 0.25) is 0 Å². The van der Waals surface area contributed by atoms with E-state index in [2.05, 4.69) is 125 Å². The molecule has 44 heavy (non-hydrogen) atoms. The highest BCUT2D eigenvalue weighted by molar-refractivity contribution is 7.26. The smallest absolute Gasteiger partial charge is 0.336 e. The van der Waals surface area contributed by atoms with E-state index in [0.29, 0.717) is 0 Å². The van der Waals surface area contributed by atoms with E-state index >= 15 is 0 Å². The van der Waals surface area contributed by atoms with Gasteiger partial charge >= 0.3 is 6.85 Å². The van der Waals surface area contributed by atoms with Gasteiger partial charge in [0.15, 0.2) is 17.2 Å². The quantitative estimate of drug-likeness (QED) is 0.168. The lowest BCUT2D eigenvalue weighted by Crippen LogP contribution is -2.57. The molecular weight excluding hydrogens is 559 g/mol. The average molecular weight is 578 g/mol. The number of hydrogen-bond acceptors (Lipinski definition) is 4. The summed E-state index contributed by atoms with van der Waals surface area (Å²) >= 11 is 1.89. The molecule has 0 unspecified atom stereocenters. The van der Waals surface area contributed by atoms with Crippen molar-refractivity contribution in [3.05, 3.63) is 115 Å². The number of thiophene rings is 1. The minimum atomic E-state index is -0.0786. The maximum atomic E-state index is 6.78. The molecule has 0 bridgehead atoms. The minimum Gasteiger partial charge on any atom is -0.453 e. The molecule has 202 valence electrons. The molecular formula is C38H19BN2O2S. The third kappa shape index (κ3) is 2.37. The van der Waals surface area contributed by atoms with Gasteiger partial charge in [-0.1, -0.05) is 78.9 Å². The van der Waals surface area contributed by atoms with Crippen molar-refractivity contribution in [1.82, 2.24) is 4.48 Å². The second-order valence-electron chi connectivity index (χ2n) is 12.0. The van der Waals surface area contributed by atoms with E-state index in [4.69, 9.17) is 9.15 Å². The van der Waals surface area contributed by atoms with E-state index in [0.717, 1.165) is 39.6 Å². The van der Waals surface area contributed by atoms with E-state index < -0.39 is 0 Å². The molecule has 3 aromatic heterocycles. The topological polar surface area (TPSA) is 30.5 Å². The molecule has 4 nitrogen and oxygen atoms in total. The Balaban J connectivity index is 1.36. The Morgan fingerprint density at radius 3 is 2.41 bits per heavy atom. The van der Waals surface area contributed by atoms with Crippen LogP contribution in [-0.4, -0.2) is 11.3 Å². The van der Waals surface area contributed by atoms with Crippen molar-refractivity contribution in [3.8, 4) is 22.6 Å². The minimum absolute atomic E-state index is 0.0786. The molecule has 0 saturated heterocycles. The predicted molar refractivity (Wildman–Crippen MR) is 183 cm³/mol. The van der Waals surface area contributed by atoms with Crippen molar-refractivity contribution in [1.29, 1.82) is 0 Å². The molecule has 6 heterocycles. The van der Waals surface area contributed by atoms with Crippen molar-refractivity contribution < 1.29 is 9.15 Å². The molecule has 0 fully saturated rings. The fourth-order valence-corrected chi connectivity index (χ4v) is 9.55. The zero-order chi connectivity index (χ0) is 28.3. The average Bonchev–Trinajstić information content (AvgIpc) is 3.73. The molecule has 6 aromatic carbocycles. The molecule has 0 radical (unpaired) electrons. The molecule has 3 aliphatic heterocycles. The summed E-state index contributed by atoms with van der Waals surface area (Å²) in [5, 5.41) is 6.18. The monoisotopic (exact) mass is 578 g/mol. The largest absolute Gasteiger partial charge is 0.453 e. The molecule has 0 spiro atoms. The summed E-state index contributed by atoms with van der Waals surface area (Å²) < 4.78 is 18.5. The van der Waals surface area contributed by atoms with Gasteiger partial charge in [0.25, 0.3) is 0 Å². The first kappa shape index (κ1) is 22.1. The molecule has 0 saturated carbocycles. The summed E-state index contributed by atoms with van der Waals surface area (Å²) in [6.07, 6.45) is 0. The van der Waals surface area contributed by atoms with Gasteiger partial charge in [0.05, 0.1) is 27.1 Å². The number of aromatic nitrogens is 1. The number of nitrogens with zero attached hydrogens (tertiary/aromatic N) is 2. The summed E-state index contributed by atoms with van der Waals surface area (Å²) in [6, 6.07) is 41.5. The van der Waals surface area contributed by atoms with Crippen LogP contribution in [0.25, 0.3) is 64.3 Å². The number of anilines is 3. The number of rotatable bonds is 0. The Bertz CT molecular complexity index is 2790. The SMILES string of the molecule is c1ccc2c(c1)Oc1cccc3c1N2c1c2c(cc4c1sc1ccccc14)-c1cccc4c5c6ccccc6oc5n(c14)B32. The lowest BCUT2D eigenvalue weighted by Gasteiger charge is -2.43. The van der Waals surface area contributed by atoms with Gasteiger partial charge < -0.3 is 18.5 Å². The highest BCUT2D eigenvalue weighted by atomic mass is 32.1. The first-order chi connectivity index (χ1) is 21.8. The molecule has 6 heteroatoms. The Hall–Kier alpha value is -5.46. The Morgan fingerprint density at radius 1 is 0.636 bits per heavy atom. The van der Waals surface area contributed by atoms with Crippen LogP contribution in [0.1, 0.15) is 0 Å². The number of fused-ring (bicyclic) bond motifs is 15. The summed E-state index contributed by atoms with van der Waals surface area (Å²) in [4.78, 5) is 2.49. The Labute approximate surface area is 255 Å². The van der Waals surface area contributed by atoms with Crippen molar-refractivity contribution in [2.24, 2.45) is 0 Å². The number of benzene rings is 6. The number of hydrogen-bond donors (Lipinski definition) is 0. The van der Waals surface area contributed by atoms with Crippen LogP contribution in [0, 0.1) is 0 Å². The number of ether oxygens (including phenoxy) is 1. The number of para-hydroxylation sites is 5. The van der Waals surface area contributed by atoms with Gasteiger partial charge in [0.1, 0.15) is 5.58 Å². The van der Waals surface area contributed by atoms with Gasteiger partial charge in [-0.3, -0.25) is 0 Å². The zero-order valence-electron chi connectivity index (χ0n) is 23.2. The summed E-state index contributed by atoms with van der Waals surface area (Å²) in [5.41, 5.74) is 11.6. The van der Waals surface area contributed by atoms with Crippen molar-refractivity contribution in [2.45, 2.75) is 0 Å². The predicted octanol–water partition coefficient (Wildman–Crippen LogP) is 9.43. The van der Waals surface area contributed by atoms with Crippen LogP contribution in [0.5, 0.6) is 11.5 Å². The van der Waals surface area contributed by atoms with Gasteiger partial charge in [-0.2, -0.15) is 0 Å². The second-order valence-corrected chi connectivity index (χ2v) is 13.1. The van der Waals surface area contributed by atoms with Crippen LogP contribution >= 0.6 is 11.3 Å². The molecule has 9 aromatic rings. The third-order valence-electron chi connectivity index (χ3n) is 9.94. The summed E-state index contributed by atoms with van der Waals surface area (Å²) in [6.45, 7) is -0.0786. The van der Waals surface area contributed by atoms with Gasteiger partial charge in [-0.15, -0.1) is 11.3 Å². The highest BCUT2D eigenvalue weighted by Gasteiger charge is 2.47. The van der Waals surface area contributed by atoms with Crippen molar-refractivity contribution in [3.63, 3.8) is 0 Å². The van der Waals surface area contributed by atoms with Crippen LogP contribution in [0.3, 0.4) is 0 Å². The lowest BCUT2D eigenvalue weighted by atomic mass is 9.45. The molecule has 12 rings (SSSR count). The third-order valence-corrected chi connectivity index (χ3v) is 11.1. The van der Waals surface area contributed by atoms with Crippen LogP contribution in [0.15, 0.2) is 120 Å². The first-order valence-corrected chi connectivity index (χ1v) is 15.8. The first-order valence-electron chi connectivity index (χ1n) is 15.0.